The van der Waals surface area contributed by atoms with Gasteiger partial charge in [-0.1, -0.05) is 146 Å². The first-order valence-corrected chi connectivity index (χ1v) is 23.6. The van der Waals surface area contributed by atoms with Crippen molar-refractivity contribution in [3.63, 3.8) is 0 Å². The summed E-state index contributed by atoms with van der Waals surface area (Å²) in [4.78, 5) is 27.0. The van der Waals surface area contributed by atoms with Crippen LogP contribution in [0.1, 0.15) is 164 Å². The van der Waals surface area contributed by atoms with Crippen LogP contribution >= 0.6 is 0 Å². The minimum Gasteiger partial charge on any atom is -0.393 e. The Morgan fingerprint density at radius 2 is 1.29 bits per heavy atom. The summed E-state index contributed by atoms with van der Waals surface area (Å²) in [5.74, 6) is 2.16. The molecular formula is C53H82N2O3. The number of hydrogen-bond acceptors (Lipinski definition) is 3. The van der Waals surface area contributed by atoms with Crippen molar-refractivity contribution in [3.8, 4) is 0 Å². The second-order valence-electron chi connectivity index (χ2n) is 20.2. The van der Waals surface area contributed by atoms with Gasteiger partial charge in [-0.25, -0.2) is 0 Å². The van der Waals surface area contributed by atoms with Gasteiger partial charge in [0.1, 0.15) is 0 Å². The molecule has 0 aromatic carbocycles. The highest BCUT2D eigenvalue weighted by Gasteiger charge is 2.69. The van der Waals surface area contributed by atoms with Gasteiger partial charge in [-0.2, -0.15) is 0 Å². The van der Waals surface area contributed by atoms with Crippen molar-refractivity contribution in [1.29, 1.82) is 0 Å². The number of carbonyl (C=O) groups excluding carboxylic acids is 2. The maximum absolute atomic E-state index is 14.4. The molecule has 0 aromatic rings. The first-order chi connectivity index (χ1) is 27.8. The molecule has 5 heteroatoms. The molecule has 5 aliphatic rings. The van der Waals surface area contributed by atoms with Crippen molar-refractivity contribution < 1.29 is 14.7 Å². The minimum atomic E-state index is -0.357. The van der Waals surface area contributed by atoms with Crippen LogP contribution in [0.2, 0.25) is 0 Å². The molecule has 322 valence electrons. The number of carbonyl (C=O) groups is 2. The smallest absolute Gasteiger partial charge is 0.226 e. The first kappa shape index (κ1) is 46.2. The van der Waals surface area contributed by atoms with Crippen molar-refractivity contribution in [2.24, 2.45) is 50.7 Å². The van der Waals surface area contributed by atoms with Crippen LogP contribution in [0.4, 0.5) is 0 Å². The third-order valence-electron chi connectivity index (χ3n) is 16.7. The molecule has 9 atom stereocenters. The topological polar surface area (TPSA) is 78.4 Å². The van der Waals surface area contributed by atoms with E-state index in [0.29, 0.717) is 37.3 Å². The zero-order valence-electron chi connectivity index (χ0n) is 37.8. The van der Waals surface area contributed by atoms with Crippen LogP contribution in [-0.2, 0) is 9.59 Å². The van der Waals surface area contributed by atoms with Gasteiger partial charge in [-0.15, -0.1) is 0 Å². The predicted molar refractivity (Wildman–Crippen MR) is 244 cm³/mol. The van der Waals surface area contributed by atoms with Crippen molar-refractivity contribution in [1.82, 2.24) is 10.6 Å². The highest BCUT2D eigenvalue weighted by Crippen LogP contribution is 2.75. The Bertz CT molecular complexity index is 1600. The van der Waals surface area contributed by atoms with E-state index in [2.05, 4.69) is 138 Å². The highest BCUT2D eigenvalue weighted by molar-refractivity contribution is 5.84. The molecule has 58 heavy (non-hydrogen) atoms. The number of aliphatic hydroxyl groups excluding tert-OH is 1. The minimum absolute atomic E-state index is 0.0407. The number of amides is 2. The lowest BCUT2D eigenvalue weighted by Gasteiger charge is -2.71. The second kappa shape index (κ2) is 20.6. The molecule has 3 unspecified atom stereocenters. The van der Waals surface area contributed by atoms with E-state index >= 15 is 0 Å². The number of hydrogen-bond donors (Lipinski definition) is 3. The fourth-order valence-corrected chi connectivity index (χ4v) is 13.3. The summed E-state index contributed by atoms with van der Waals surface area (Å²) in [6, 6.07) is 0. The van der Waals surface area contributed by atoms with Crippen LogP contribution in [0.3, 0.4) is 0 Å². The van der Waals surface area contributed by atoms with E-state index in [1.165, 1.54) is 19.3 Å². The van der Waals surface area contributed by atoms with Gasteiger partial charge in [-0.05, 0) is 142 Å². The summed E-state index contributed by atoms with van der Waals surface area (Å²) in [6.07, 6.45) is 46.6. The van der Waals surface area contributed by atoms with Crippen LogP contribution < -0.4 is 10.6 Å². The van der Waals surface area contributed by atoms with Crippen LogP contribution in [-0.4, -0.2) is 36.1 Å². The zero-order valence-corrected chi connectivity index (χ0v) is 37.8. The van der Waals surface area contributed by atoms with Gasteiger partial charge in [0, 0.05) is 19.5 Å². The SMILES string of the molecule is CC/C=C\C/C=C\C/C=C\C/C=C\C/C=C\C/C=C\CCC(=O)NCCNC(=O)[C@]12CCC[C@H](C)C1C1=CCC3[C@@]4(C)CC[C@H](O)C(C)(C)C4CC[C@@]3(C)[C@]1(C)CC2. The molecule has 0 bridgehead atoms. The van der Waals surface area contributed by atoms with E-state index in [0.717, 1.165) is 89.9 Å². The van der Waals surface area contributed by atoms with E-state index in [-0.39, 0.29) is 50.9 Å². The second-order valence-corrected chi connectivity index (χ2v) is 20.2. The predicted octanol–water partition coefficient (Wildman–Crippen LogP) is 12.5. The van der Waals surface area contributed by atoms with E-state index in [4.69, 9.17) is 0 Å². The van der Waals surface area contributed by atoms with Gasteiger partial charge in [0.15, 0.2) is 0 Å². The summed E-state index contributed by atoms with van der Waals surface area (Å²) in [7, 11) is 0. The molecule has 5 aliphatic carbocycles. The molecule has 5 nitrogen and oxygen atoms in total. The van der Waals surface area contributed by atoms with Crippen LogP contribution in [0, 0.1) is 50.7 Å². The normalized spacial score (nSPS) is 36.0. The zero-order chi connectivity index (χ0) is 41.9. The number of fused-ring (bicyclic) bond motifs is 7. The highest BCUT2D eigenvalue weighted by atomic mass is 16.3. The fourth-order valence-electron chi connectivity index (χ4n) is 13.3. The Hall–Kier alpha value is -2.92. The monoisotopic (exact) mass is 795 g/mol. The standard InChI is InChI=1S/C53H82N2O3/c1-8-9-10-11-12-13-14-15-16-17-18-19-20-21-22-23-24-25-26-29-46(57)54-39-40-55-48(58)53-34-27-28-41(2)47(53)42-30-31-44-50(5)35-33-45(56)49(3,4)43(50)32-36-52(44,7)51(42,6)37-38-53/h9-10,12-13,15-16,18-19,21-22,24-25,30,41,43-45,47,56H,8,11,14,17,20,23,26-29,31-40H2,1-7H3,(H,54,57)(H,55,58)/b10-9-,13-12-,16-15-,19-18-,22-21-,25-24-/t41-,43?,44?,45-,47?,50-,51+,52+,53-/m0/s1. The molecule has 5 rings (SSSR count). The number of rotatable bonds is 18. The molecule has 0 radical (unpaired) electrons. The van der Waals surface area contributed by atoms with Gasteiger partial charge in [0.2, 0.25) is 11.8 Å². The molecule has 4 saturated carbocycles. The third-order valence-corrected chi connectivity index (χ3v) is 16.7. The average molecular weight is 795 g/mol. The lowest BCUT2D eigenvalue weighted by atomic mass is 9.33. The number of aliphatic hydroxyl groups is 1. The van der Waals surface area contributed by atoms with Gasteiger partial charge >= 0.3 is 0 Å². The molecule has 3 N–H and O–H groups in total. The van der Waals surface area contributed by atoms with Gasteiger partial charge in [0.05, 0.1) is 11.5 Å². The Morgan fingerprint density at radius 3 is 1.91 bits per heavy atom. The maximum Gasteiger partial charge on any atom is 0.226 e. The molecule has 4 fully saturated rings. The maximum atomic E-state index is 14.4. The fraction of sp³-hybridized carbons (Fsp3) is 0.698. The lowest BCUT2D eigenvalue weighted by molar-refractivity contribution is -0.203. The molecule has 0 saturated heterocycles. The largest absolute Gasteiger partial charge is 0.393 e. The summed E-state index contributed by atoms with van der Waals surface area (Å²) in [5, 5.41) is 17.5. The quantitative estimate of drug-likeness (QED) is 0.0955. The summed E-state index contributed by atoms with van der Waals surface area (Å²) in [6.45, 7) is 17.9. The van der Waals surface area contributed by atoms with Crippen molar-refractivity contribution >= 4 is 11.8 Å². The Labute approximate surface area is 354 Å². The number of allylic oxidation sites excluding steroid dienone is 14. The molecule has 0 heterocycles. The average Bonchev–Trinajstić information content (AvgIpc) is 3.19. The van der Waals surface area contributed by atoms with Gasteiger partial charge in [-0.3, -0.25) is 9.59 Å². The summed E-state index contributed by atoms with van der Waals surface area (Å²) < 4.78 is 0. The first-order valence-electron chi connectivity index (χ1n) is 23.6. The Balaban J connectivity index is 1.04. The Morgan fingerprint density at radius 1 is 0.707 bits per heavy atom. The van der Waals surface area contributed by atoms with Gasteiger partial charge < -0.3 is 15.7 Å². The Kier molecular flexibility index (Phi) is 16.4. The van der Waals surface area contributed by atoms with Crippen molar-refractivity contribution in [3.05, 3.63) is 84.6 Å². The molecule has 0 aliphatic heterocycles. The van der Waals surface area contributed by atoms with Crippen LogP contribution in [0.25, 0.3) is 0 Å². The van der Waals surface area contributed by atoms with E-state index in [1.54, 1.807) is 5.57 Å². The molecule has 0 spiro atoms. The van der Waals surface area contributed by atoms with E-state index in [9.17, 15) is 14.7 Å². The summed E-state index contributed by atoms with van der Waals surface area (Å²) in [5.41, 5.74) is 1.69. The molecule has 2 amide bonds. The van der Waals surface area contributed by atoms with Crippen molar-refractivity contribution in [2.75, 3.05) is 13.1 Å². The lowest BCUT2D eigenvalue weighted by Crippen LogP contribution is -2.65. The van der Waals surface area contributed by atoms with E-state index < -0.39 is 0 Å². The molecular weight excluding hydrogens is 713 g/mol. The van der Waals surface area contributed by atoms with Crippen LogP contribution in [0.15, 0.2) is 84.6 Å². The summed E-state index contributed by atoms with van der Waals surface area (Å²) >= 11 is 0. The van der Waals surface area contributed by atoms with Crippen LogP contribution in [0.5, 0.6) is 0 Å². The van der Waals surface area contributed by atoms with E-state index in [1.807, 2.05) is 0 Å². The third kappa shape index (κ3) is 9.82. The van der Waals surface area contributed by atoms with Gasteiger partial charge in [0.25, 0.3) is 0 Å². The van der Waals surface area contributed by atoms with Crippen molar-refractivity contribution in [2.45, 2.75) is 170 Å². The molecule has 0 aromatic heterocycles. The number of nitrogens with one attached hydrogen (secondary N) is 2.